The van der Waals surface area contributed by atoms with E-state index >= 15 is 0 Å². The second-order valence-corrected chi connectivity index (χ2v) is 11.3. The predicted octanol–water partition coefficient (Wildman–Crippen LogP) is 6.19. The van der Waals surface area contributed by atoms with Crippen LogP contribution in [0.2, 0.25) is 0 Å². The Morgan fingerprint density at radius 3 is 2.56 bits per heavy atom. The molecule has 6 heteroatoms. The molecule has 2 aromatic rings. The Labute approximate surface area is 234 Å². The zero-order chi connectivity index (χ0) is 28.2. The molecular formula is C33H48N2O4. The van der Waals surface area contributed by atoms with Crippen LogP contribution in [0.3, 0.4) is 0 Å². The molecule has 0 saturated carbocycles. The van der Waals surface area contributed by atoms with Crippen LogP contribution in [0.5, 0.6) is 11.5 Å². The minimum Gasteiger partial charge on any atom is -0.504 e. The van der Waals surface area contributed by atoms with E-state index in [-0.39, 0.29) is 24.2 Å². The number of phenolic OH excluding ortho intramolecular Hbond substituents is 1. The van der Waals surface area contributed by atoms with Gasteiger partial charge < -0.3 is 19.5 Å². The summed E-state index contributed by atoms with van der Waals surface area (Å²) < 4.78 is 8.09. The lowest BCUT2D eigenvalue weighted by Gasteiger charge is -2.22. The lowest BCUT2D eigenvalue weighted by Crippen LogP contribution is -2.30. The fourth-order valence-electron chi connectivity index (χ4n) is 5.13. The van der Waals surface area contributed by atoms with Crippen molar-refractivity contribution in [1.29, 1.82) is 0 Å². The number of aryl methyl sites for hydroxylation is 1. The molecule has 1 aromatic carbocycles. The fourth-order valence-corrected chi connectivity index (χ4v) is 5.13. The quantitative estimate of drug-likeness (QED) is 0.222. The summed E-state index contributed by atoms with van der Waals surface area (Å²) in [6, 6.07) is 5.30. The van der Waals surface area contributed by atoms with Crippen molar-refractivity contribution >= 4 is 29.8 Å². The molecule has 214 valence electrons. The molecule has 0 saturated heterocycles. The molecule has 39 heavy (non-hydrogen) atoms. The Morgan fingerprint density at radius 2 is 1.85 bits per heavy atom. The molecule has 1 aromatic heterocycles. The highest BCUT2D eigenvalue weighted by molar-refractivity contribution is 5.96. The lowest BCUT2D eigenvalue weighted by molar-refractivity contribution is -0.126. The summed E-state index contributed by atoms with van der Waals surface area (Å²) in [5.41, 5.74) is 1.86. The van der Waals surface area contributed by atoms with E-state index in [2.05, 4.69) is 38.8 Å². The first-order valence-electron chi connectivity index (χ1n) is 14.9. The van der Waals surface area contributed by atoms with Crippen molar-refractivity contribution in [3.63, 3.8) is 0 Å². The van der Waals surface area contributed by atoms with Crippen LogP contribution in [-0.2, 0) is 17.9 Å². The lowest BCUT2D eigenvalue weighted by atomic mass is 9.86. The van der Waals surface area contributed by atoms with Gasteiger partial charge in [0.2, 0.25) is 0 Å². The normalized spacial score (nSPS) is 14.5. The maximum absolute atomic E-state index is 13.2. The van der Waals surface area contributed by atoms with Gasteiger partial charge in [0, 0.05) is 35.3 Å². The minimum atomic E-state index is -0.564. The number of aliphatic imine (C=N–C) groups is 1. The van der Waals surface area contributed by atoms with E-state index in [1.807, 2.05) is 35.2 Å². The van der Waals surface area contributed by atoms with Gasteiger partial charge in [-0.2, -0.15) is 0 Å². The monoisotopic (exact) mass is 536 g/mol. The first-order chi connectivity index (χ1) is 18.8. The average molecular weight is 537 g/mol. The maximum Gasteiger partial charge on any atom is 0.165 e. The number of carbonyl (C=O) groups excluding carboxylic acids is 1. The number of unbranched alkanes of at least 4 members (excludes halogenated alkanes) is 4. The number of nitrogens with zero attached hydrogens (tertiary/aromatic N) is 2. The second kappa shape index (κ2) is 15.7. The Balaban J connectivity index is 1.65. The van der Waals surface area contributed by atoms with Crippen molar-refractivity contribution in [3.05, 3.63) is 40.5 Å². The third kappa shape index (κ3) is 9.10. The molecule has 1 aliphatic heterocycles. The molecular weight excluding hydrogens is 488 g/mol. The molecule has 0 spiro atoms. The van der Waals surface area contributed by atoms with Crippen molar-refractivity contribution in [2.24, 2.45) is 16.8 Å². The van der Waals surface area contributed by atoms with Gasteiger partial charge in [-0.15, -0.1) is 0 Å². The summed E-state index contributed by atoms with van der Waals surface area (Å²) in [6.07, 6.45) is 17.1. The largest absolute Gasteiger partial charge is 0.504 e. The number of carbonyl (C=O) groups is 1. The van der Waals surface area contributed by atoms with Gasteiger partial charge in [-0.3, -0.25) is 9.79 Å². The van der Waals surface area contributed by atoms with Crippen molar-refractivity contribution in [3.8, 4) is 11.5 Å². The molecule has 2 N–H and O–H groups in total. The molecule has 0 bridgehead atoms. The number of ether oxygens (including phenoxy) is 1. The summed E-state index contributed by atoms with van der Waals surface area (Å²) in [6.45, 7) is 8.93. The average Bonchev–Trinajstić information content (AvgIpc) is 3.50. The number of ketones is 1. The van der Waals surface area contributed by atoms with E-state index in [4.69, 9.17) is 4.74 Å². The molecule has 1 aliphatic rings. The molecule has 2 atom stereocenters. The standard InChI is InChI=1S/C33H48N2O4/c1-5-7-9-11-27(30(36)12-10-8-6-2)31(37)17-14-25-15-18-32(38)33(21-25)39-23-35-22-28-26(19-20-34-28)29(35)16-13-24(3)4/h15-16,18-22,24,27,30,36,38H,5-14,17,23H2,1-4H3/t27-,30-/m1/s1. The number of aromatic nitrogens is 1. The summed E-state index contributed by atoms with van der Waals surface area (Å²) >= 11 is 0. The highest BCUT2D eigenvalue weighted by atomic mass is 16.5. The summed E-state index contributed by atoms with van der Waals surface area (Å²) in [5.74, 6) is 0.854. The van der Waals surface area contributed by atoms with Crippen LogP contribution in [0.15, 0.2) is 29.4 Å². The van der Waals surface area contributed by atoms with Gasteiger partial charge in [0.25, 0.3) is 0 Å². The van der Waals surface area contributed by atoms with E-state index in [1.54, 1.807) is 6.07 Å². The van der Waals surface area contributed by atoms with Gasteiger partial charge in [0.15, 0.2) is 18.2 Å². The van der Waals surface area contributed by atoms with E-state index in [1.165, 1.54) is 0 Å². The number of Topliss-reactive ketones (excluding diaryl/α,β-unsaturated/α-hetero) is 1. The number of aliphatic hydroxyl groups excluding tert-OH is 1. The number of rotatable bonds is 18. The molecule has 0 aliphatic carbocycles. The van der Waals surface area contributed by atoms with Gasteiger partial charge in [-0.1, -0.05) is 78.4 Å². The maximum atomic E-state index is 13.2. The SMILES string of the molecule is CCCCC[C@@H](O)[C@@H](CCCCC)C(=O)CCc1ccc(O)c(OCn2cc3c(c2=CCC(C)C)=CC=N3)c1. The first-order valence-corrected chi connectivity index (χ1v) is 14.9. The highest BCUT2D eigenvalue weighted by Gasteiger charge is 2.25. The molecule has 0 radical (unpaired) electrons. The van der Waals surface area contributed by atoms with Crippen molar-refractivity contribution in [1.82, 2.24) is 4.57 Å². The zero-order valence-corrected chi connectivity index (χ0v) is 24.4. The Hall–Kier alpha value is -2.86. The summed E-state index contributed by atoms with van der Waals surface area (Å²) in [7, 11) is 0. The van der Waals surface area contributed by atoms with Crippen molar-refractivity contribution in [2.45, 2.75) is 111 Å². The molecule has 3 rings (SSSR count). The minimum absolute atomic E-state index is 0.0749. The van der Waals surface area contributed by atoms with Crippen LogP contribution in [0, 0.1) is 11.8 Å². The topological polar surface area (TPSA) is 84.0 Å². The van der Waals surface area contributed by atoms with Crippen LogP contribution in [0.25, 0.3) is 12.2 Å². The van der Waals surface area contributed by atoms with Gasteiger partial charge in [0.05, 0.1) is 11.8 Å². The van der Waals surface area contributed by atoms with E-state index < -0.39 is 6.10 Å². The van der Waals surface area contributed by atoms with Crippen LogP contribution in [0.4, 0.5) is 5.69 Å². The predicted molar refractivity (Wildman–Crippen MR) is 160 cm³/mol. The Kier molecular flexibility index (Phi) is 12.3. The molecule has 2 heterocycles. The number of phenols is 1. The smallest absolute Gasteiger partial charge is 0.165 e. The zero-order valence-electron chi connectivity index (χ0n) is 24.4. The first kappa shape index (κ1) is 30.7. The summed E-state index contributed by atoms with van der Waals surface area (Å²) in [4.78, 5) is 17.6. The Bertz CT molecular complexity index is 1210. The number of benzene rings is 1. The Morgan fingerprint density at radius 1 is 1.10 bits per heavy atom. The van der Waals surface area contributed by atoms with Crippen molar-refractivity contribution in [2.75, 3.05) is 0 Å². The van der Waals surface area contributed by atoms with E-state index in [0.717, 1.165) is 73.2 Å². The van der Waals surface area contributed by atoms with Gasteiger partial charge in [-0.25, -0.2) is 0 Å². The number of hydrogen-bond acceptors (Lipinski definition) is 5. The summed E-state index contributed by atoms with van der Waals surface area (Å²) in [5, 5.41) is 23.4. The van der Waals surface area contributed by atoms with E-state index in [9.17, 15) is 15.0 Å². The third-order valence-corrected chi connectivity index (χ3v) is 7.52. The number of fused-ring (bicyclic) bond motifs is 1. The molecule has 0 unspecified atom stereocenters. The second-order valence-electron chi connectivity index (χ2n) is 11.3. The number of aromatic hydroxyl groups is 1. The highest BCUT2D eigenvalue weighted by Crippen LogP contribution is 2.29. The third-order valence-electron chi connectivity index (χ3n) is 7.52. The van der Waals surface area contributed by atoms with E-state index in [0.29, 0.717) is 30.9 Å². The van der Waals surface area contributed by atoms with Crippen LogP contribution >= 0.6 is 0 Å². The van der Waals surface area contributed by atoms with Gasteiger partial charge in [0.1, 0.15) is 5.78 Å². The van der Waals surface area contributed by atoms with Crippen LogP contribution in [-0.4, -0.2) is 32.9 Å². The van der Waals surface area contributed by atoms with Gasteiger partial charge >= 0.3 is 0 Å². The molecule has 0 fully saturated rings. The van der Waals surface area contributed by atoms with Gasteiger partial charge in [-0.05, 0) is 55.4 Å². The number of hydrogen-bond donors (Lipinski definition) is 2. The fraction of sp³-hybridized carbons (Fsp3) is 0.576. The van der Waals surface area contributed by atoms with Crippen molar-refractivity contribution < 1.29 is 19.7 Å². The number of aliphatic hydroxyl groups is 1. The molecule has 6 nitrogen and oxygen atoms in total. The van der Waals surface area contributed by atoms with Crippen LogP contribution < -0.4 is 15.3 Å². The van der Waals surface area contributed by atoms with Crippen LogP contribution in [0.1, 0.15) is 97.5 Å². The molecule has 0 amide bonds.